The lowest BCUT2D eigenvalue weighted by atomic mass is 10.1. The van der Waals surface area contributed by atoms with Gasteiger partial charge in [0.2, 0.25) is 0 Å². The number of carbonyl (C=O) groups excluding carboxylic acids is 1. The van der Waals surface area contributed by atoms with Crippen molar-refractivity contribution in [1.29, 1.82) is 0 Å². The summed E-state index contributed by atoms with van der Waals surface area (Å²) in [5.41, 5.74) is 3.05. The molecule has 0 bridgehead atoms. The van der Waals surface area contributed by atoms with Crippen LogP contribution in [-0.2, 0) is 6.42 Å². The summed E-state index contributed by atoms with van der Waals surface area (Å²) in [5, 5.41) is 5.08. The predicted octanol–water partition coefficient (Wildman–Crippen LogP) is 4.42. The molecule has 3 aromatic rings. The van der Waals surface area contributed by atoms with Gasteiger partial charge in [-0.15, -0.1) is 11.3 Å². The average molecular weight is 366 g/mol. The van der Waals surface area contributed by atoms with Gasteiger partial charge < -0.3 is 10.2 Å². The Labute approximate surface area is 156 Å². The van der Waals surface area contributed by atoms with Crippen molar-refractivity contribution in [2.75, 3.05) is 18.0 Å². The largest absolute Gasteiger partial charge is 0.361 e. The van der Waals surface area contributed by atoms with Gasteiger partial charge in [0, 0.05) is 29.2 Å². The van der Waals surface area contributed by atoms with Crippen molar-refractivity contribution in [1.82, 2.24) is 5.32 Å². The second-order valence-corrected chi connectivity index (χ2v) is 7.30. The number of hydrogen-bond acceptors (Lipinski definition) is 3. The fourth-order valence-electron chi connectivity index (χ4n) is 3.43. The molecule has 1 atom stereocenters. The zero-order chi connectivity index (χ0) is 17.9. The lowest BCUT2D eigenvalue weighted by molar-refractivity contribution is 0.0951. The molecule has 0 aliphatic carbocycles. The molecule has 1 amide bonds. The molecule has 1 aromatic heterocycles. The van der Waals surface area contributed by atoms with E-state index >= 15 is 0 Å². The number of rotatable bonds is 5. The van der Waals surface area contributed by atoms with Crippen LogP contribution in [0.5, 0.6) is 0 Å². The second kappa shape index (κ2) is 7.30. The van der Waals surface area contributed by atoms with E-state index in [-0.39, 0.29) is 17.8 Å². The smallest absolute Gasteiger partial charge is 0.251 e. The van der Waals surface area contributed by atoms with Crippen molar-refractivity contribution < 1.29 is 9.18 Å². The number of amides is 1. The molecular weight excluding hydrogens is 347 g/mol. The lowest BCUT2D eigenvalue weighted by Crippen LogP contribution is -2.37. The zero-order valence-corrected chi connectivity index (χ0v) is 15.0. The van der Waals surface area contributed by atoms with Crippen molar-refractivity contribution in [3.63, 3.8) is 0 Å². The van der Waals surface area contributed by atoms with Gasteiger partial charge in [0.1, 0.15) is 5.82 Å². The number of para-hydroxylation sites is 1. The Kier molecular flexibility index (Phi) is 4.71. The van der Waals surface area contributed by atoms with Gasteiger partial charge >= 0.3 is 0 Å². The van der Waals surface area contributed by atoms with Crippen LogP contribution < -0.4 is 10.2 Å². The minimum absolute atomic E-state index is 0.0862. The molecule has 1 N–H and O–H groups in total. The Morgan fingerprint density at radius 1 is 1.12 bits per heavy atom. The van der Waals surface area contributed by atoms with Gasteiger partial charge in [-0.2, -0.15) is 0 Å². The highest BCUT2D eigenvalue weighted by atomic mass is 32.1. The SMILES string of the molecule is O=C(NC[C@H](c1cccs1)N1CCc2ccccc21)c1ccc(F)cc1. The van der Waals surface area contributed by atoms with Gasteiger partial charge in [0.15, 0.2) is 0 Å². The monoisotopic (exact) mass is 366 g/mol. The predicted molar refractivity (Wildman–Crippen MR) is 103 cm³/mol. The molecule has 26 heavy (non-hydrogen) atoms. The summed E-state index contributed by atoms with van der Waals surface area (Å²) in [6.45, 7) is 1.44. The maximum atomic E-state index is 13.1. The Morgan fingerprint density at radius 2 is 1.92 bits per heavy atom. The maximum absolute atomic E-state index is 13.1. The third-order valence-electron chi connectivity index (χ3n) is 4.73. The van der Waals surface area contributed by atoms with Crippen LogP contribution in [0.1, 0.15) is 26.8 Å². The first kappa shape index (κ1) is 16.8. The molecule has 2 aromatic carbocycles. The molecule has 1 aliphatic heterocycles. The van der Waals surface area contributed by atoms with Crippen LogP contribution in [0.3, 0.4) is 0 Å². The lowest BCUT2D eigenvalue weighted by Gasteiger charge is -2.30. The van der Waals surface area contributed by atoms with E-state index in [4.69, 9.17) is 0 Å². The number of thiophene rings is 1. The fraction of sp³-hybridized carbons (Fsp3) is 0.190. The van der Waals surface area contributed by atoms with E-state index in [1.54, 1.807) is 11.3 Å². The van der Waals surface area contributed by atoms with Gasteiger partial charge in [-0.25, -0.2) is 4.39 Å². The number of nitrogens with zero attached hydrogens (tertiary/aromatic N) is 1. The number of fused-ring (bicyclic) bond motifs is 1. The summed E-state index contributed by atoms with van der Waals surface area (Å²) in [6.07, 6.45) is 1.02. The molecule has 0 fully saturated rings. The average Bonchev–Trinajstić information content (AvgIpc) is 3.33. The number of nitrogens with one attached hydrogen (secondary N) is 1. The molecule has 0 unspecified atom stereocenters. The summed E-state index contributed by atoms with van der Waals surface area (Å²) in [7, 11) is 0. The first-order valence-electron chi connectivity index (χ1n) is 8.64. The third-order valence-corrected chi connectivity index (χ3v) is 5.71. The summed E-state index contributed by atoms with van der Waals surface area (Å²) >= 11 is 1.70. The van der Waals surface area contributed by atoms with Crippen LogP contribution in [-0.4, -0.2) is 19.0 Å². The van der Waals surface area contributed by atoms with Crippen molar-refractivity contribution in [3.05, 3.63) is 87.9 Å². The number of carbonyl (C=O) groups is 1. The summed E-state index contributed by atoms with van der Waals surface area (Å²) < 4.78 is 13.1. The normalized spacial score (nSPS) is 14.1. The quantitative estimate of drug-likeness (QED) is 0.725. The van der Waals surface area contributed by atoms with E-state index in [1.165, 1.54) is 40.4 Å². The van der Waals surface area contributed by atoms with Gasteiger partial charge in [-0.05, 0) is 53.8 Å². The van der Waals surface area contributed by atoms with Crippen molar-refractivity contribution >= 4 is 22.9 Å². The van der Waals surface area contributed by atoms with E-state index in [2.05, 4.69) is 45.9 Å². The van der Waals surface area contributed by atoms with E-state index in [0.29, 0.717) is 12.1 Å². The Hall–Kier alpha value is -2.66. The highest BCUT2D eigenvalue weighted by Crippen LogP contribution is 2.36. The molecule has 132 valence electrons. The molecule has 0 saturated heterocycles. The topological polar surface area (TPSA) is 32.3 Å². The Balaban J connectivity index is 1.54. The van der Waals surface area contributed by atoms with Gasteiger partial charge in [-0.3, -0.25) is 4.79 Å². The van der Waals surface area contributed by atoms with E-state index in [1.807, 2.05) is 6.07 Å². The van der Waals surface area contributed by atoms with Gasteiger partial charge in [0.25, 0.3) is 5.91 Å². The van der Waals surface area contributed by atoms with Crippen LogP contribution in [0.2, 0.25) is 0 Å². The summed E-state index contributed by atoms with van der Waals surface area (Å²) in [6, 6.07) is 18.3. The second-order valence-electron chi connectivity index (χ2n) is 6.32. The molecule has 1 aliphatic rings. The molecular formula is C21H19FN2OS. The number of halogens is 1. The van der Waals surface area contributed by atoms with Crippen LogP contribution in [0, 0.1) is 5.82 Å². The first-order chi connectivity index (χ1) is 12.7. The standard InChI is InChI=1S/C21H19FN2OS/c22-17-9-7-16(8-10-17)21(25)23-14-19(20-6-3-13-26-20)24-12-11-15-4-1-2-5-18(15)24/h1-10,13,19H,11-12,14H2,(H,23,25)/t19-/m1/s1. The van der Waals surface area contributed by atoms with Crippen molar-refractivity contribution in [2.45, 2.75) is 12.5 Å². The minimum Gasteiger partial charge on any atom is -0.361 e. The molecule has 0 radical (unpaired) electrons. The van der Waals surface area contributed by atoms with Crippen molar-refractivity contribution in [3.8, 4) is 0 Å². The van der Waals surface area contributed by atoms with Crippen molar-refractivity contribution in [2.24, 2.45) is 0 Å². The summed E-state index contributed by atoms with van der Waals surface area (Å²) in [4.78, 5) is 16.0. The van der Waals surface area contributed by atoms with Crippen LogP contribution in [0.15, 0.2) is 66.0 Å². The highest BCUT2D eigenvalue weighted by Gasteiger charge is 2.28. The number of anilines is 1. The molecule has 2 heterocycles. The van der Waals surface area contributed by atoms with E-state index in [0.717, 1.165) is 13.0 Å². The molecule has 3 nitrogen and oxygen atoms in total. The molecule has 4 rings (SSSR count). The van der Waals surface area contributed by atoms with Gasteiger partial charge in [-0.1, -0.05) is 24.3 Å². The highest BCUT2D eigenvalue weighted by molar-refractivity contribution is 7.10. The van der Waals surface area contributed by atoms with Crippen LogP contribution in [0.25, 0.3) is 0 Å². The summed E-state index contributed by atoms with van der Waals surface area (Å²) in [5.74, 6) is -0.522. The van der Waals surface area contributed by atoms with Crippen LogP contribution >= 0.6 is 11.3 Å². The molecule has 0 spiro atoms. The third kappa shape index (κ3) is 3.35. The van der Waals surface area contributed by atoms with E-state index in [9.17, 15) is 9.18 Å². The van der Waals surface area contributed by atoms with Gasteiger partial charge in [0.05, 0.1) is 6.04 Å². The number of hydrogen-bond donors (Lipinski definition) is 1. The van der Waals surface area contributed by atoms with E-state index < -0.39 is 0 Å². The Bertz CT molecular complexity index is 893. The minimum atomic E-state index is -0.341. The van der Waals surface area contributed by atoms with Crippen LogP contribution in [0.4, 0.5) is 10.1 Å². The zero-order valence-electron chi connectivity index (χ0n) is 14.2. The first-order valence-corrected chi connectivity index (χ1v) is 9.52. The Morgan fingerprint density at radius 3 is 2.69 bits per heavy atom. The molecule has 5 heteroatoms. The number of benzene rings is 2. The maximum Gasteiger partial charge on any atom is 0.251 e. The molecule has 0 saturated carbocycles. The fourth-order valence-corrected chi connectivity index (χ4v) is 4.26.